The van der Waals surface area contributed by atoms with Crippen molar-refractivity contribution in [2.24, 2.45) is 7.05 Å². The van der Waals surface area contributed by atoms with E-state index in [1.165, 1.54) is 13.4 Å². The van der Waals surface area contributed by atoms with Gasteiger partial charge in [-0.25, -0.2) is 9.97 Å². The molecule has 0 fully saturated rings. The smallest absolute Gasteiger partial charge is 0.245 e. The van der Waals surface area contributed by atoms with Crippen molar-refractivity contribution >= 4 is 22.8 Å². The molecule has 0 amide bonds. The number of hydrogen-bond donors (Lipinski definition) is 0. The van der Waals surface area contributed by atoms with Crippen molar-refractivity contribution in [3.05, 3.63) is 11.6 Å². The summed E-state index contributed by atoms with van der Waals surface area (Å²) in [6, 6.07) is 0. The topological polar surface area (TPSA) is 52.8 Å². The summed E-state index contributed by atoms with van der Waals surface area (Å²) in [5, 5.41) is 0.369. The maximum absolute atomic E-state index is 5.81. The van der Waals surface area contributed by atoms with Crippen LogP contribution in [-0.4, -0.2) is 26.6 Å². The van der Waals surface area contributed by atoms with E-state index in [-0.39, 0.29) is 0 Å². The number of fused-ring (bicyclic) bond motifs is 1. The summed E-state index contributed by atoms with van der Waals surface area (Å²) in [7, 11) is 3.31. The average molecular weight is 199 g/mol. The van der Waals surface area contributed by atoms with Gasteiger partial charge in [-0.15, -0.1) is 0 Å². The summed E-state index contributed by atoms with van der Waals surface area (Å²) in [5.41, 5.74) is 1.24. The number of aryl methyl sites for hydroxylation is 1. The van der Waals surface area contributed by atoms with Gasteiger partial charge in [0.1, 0.15) is 6.33 Å². The van der Waals surface area contributed by atoms with Crippen LogP contribution in [0.4, 0.5) is 0 Å². The number of halogens is 1. The predicted octanol–water partition coefficient (Wildman–Crippen LogP) is 1.03. The highest BCUT2D eigenvalue weighted by molar-refractivity contribution is 6.29. The summed E-state index contributed by atoms with van der Waals surface area (Å²) in [6.07, 6.45) is 1.42. The molecule has 0 aliphatic rings. The lowest BCUT2D eigenvalue weighted by atomic mass is 10.5. The highest BCUT2D eigenvalue weighted by Crippen LogP contribution is 2.22. The van der Waals surface area contributed by atoms with Crippen LogP contribution in [0.5, 0.6) is 5.88 Å². The number of methoxy groups -OCH3 is 1. The molecule has 0 N–H and O–H groups in total. The summed E-state index contributed by atoms with van der Waals surface area (Å²) in [4.78, 5) is 12.0. The van der Waals surface area contributed by atoms with Crippen molar-refractivity contribution in [3.8, 4) is 5.88 Å². The van der Waals surface area contributed by atoms with Crippen molar-refractivity contribution in [3.63, 3.8) is 0 Å². The van der Waals surface area contributed by atoms with Gasteiger partial charge in [-0.1, -0.05) is 0 Å². The van der Waals surface area contributed by atoms with Crippen molar-refractivity contribution in [1.29, 1.82) is 0 Å². The molecule has 5 nitrogen and oxygen atoms in total. The monoisotopic (exact) mass is 198 g/mol. The average Bonchev–Trinajstić information content (AvgIpc) is 2.43. The number of aromatic nitrogens is 4. The predicted molar refractivity (Wildman–Crippen MR) is 47.9 cm³/mol. The van der Waals surface area contributed by atoms with Crippen molar-refractivity contribution in [1.82, 2.24) is 19.5 Å². The maximum Gasteiger partial charge on any atom is 0.245 e. The van der Waals surface area contributed by atoms with E-state index in [4.69, 9.17) is 16.3 Å². The minimum atomic E-state index is 0.369. The van der Waals surface area contributed by atoms with Gasteiger partial charge >= 0.3 is 0 Å². The molecule has 0 saturated carbocycles. The Morgan fingerprint density at radius 2 is 2.23 bits per heavy atom. The molecule has 6 heteroatoms. The van der Waals surface area contributed by atoms with Gasteiger partial charge in [0, 0.05) is 7.05 Å². The zero-order valence-electron chi connectivity index (χ0n) is 7.15. The van der Waals surface area contributed by atoms with E-state index in [0.29, 0.717) is 22.3 Å². The SMILES string of the molecule is COc1ncnc2c1nc(Cl)n2C. The Morgan fingerprint density at radius 1 is 1.46 bits per heavy atom. The van der Waals surface area contributed by atoms with Crippen LogP contribution in [0.2, 0.25) is 5.28 Å². The molecule has 2 aromatic heterocycles. The van der Waals surface area contributed by atoms with E-state index >= 15 is 0 Å². The third-order valence-electron chi connectivity index (χ3n) is 1.76. The fourth-order valence-electron chi connectivity index (χ4n) is 1.10. The van der Waals surface area contributed by atoms with E-state index < -0.39 is 0 Å². The largest absolute Gasteiger partial charge is 0.479 e. The van der Waals surface area contributed by atoms with Gasteiger partial charge in [0.05, 0.1) is 7.11 Å². The lowest BCUT2D eigenvalue weighted by Gasteiger charge is -1.97. The molecule has 0 aromatic carbocycles. The van der Waals surface area contributed by atoms with Gasteiger partial charge in [-0.3, -0.25) is 0 Å². The van der Waals surface area contributed by atoms with Crippen molar-refractivity contribution in [2.75, 3.05) is 7.11 Å². The van der Waals surface area contributed by atoms with Crippen molar-refractivity contribution in [2.45, 2.75) is 0 Å². The van der Waals surface area contributed by atoms with Crippen molar-refractivity contribution < 1.29 is 4.74 Å². The number of hydrogen-bond acceptors (Lipinski definition) is 4. The standard InChI is InChI=1S/C7H7ClN4O/c1-12-5-4(11-7(12)8)6(13-2)10-3-9-5/h3H,1-2H3. The highest BCUT2D eigenvalue weighted by atomic mass is 35.5. The molecule has 0 spiro atoms. The first-order valence-electron chi connectivity index (χ1n) is 3.61. The van der Waals surface area contributed by atoms with Gasteiger partial charge in [0.25, 0.3) is 0 Å². The van der Waals surface area contributed by atoms with E-state index in [9.17, 15) is 0 Å². The van der Waals surface area contributed by atoms with Crippen LogP contribution in [0, 0.1) is 0 Å². The molecule has 0 unspecified atom stereocenters. The number of rotatable bonds is 1. The minimum absolute atomic E-state index is 0.369. The fourth-order valence-corrected chi connectivity index (χ4v) is 1.27. The van der Waals surface area contributed by atoms with Gasteiger partial charge in [-0.2, -0.15) is 4.98 Å². The Balaban J connectivity index is 2.84. The molecule has 13 heavy (non-hydrogen) atoms. The van der Waals surface area contributed by atoms with Crippen LogP contribution < -0.4 is 4.74 Å². The first-order valence-corrected chi connectivity index (χ1v) is 3.98. The summed E-state index contributed by atoms with van der Waals surface area (Å²) in [6.45, 7) is 0. The molecule has 68 valence electrons. The Labute approximate surface area is 79.3 Å². The lowest BCUT2D eigenvalue weighted by molar-refractivity contribution is 0.401. The number of ether oxygens (including phenoxy) is 1. The van der Waals surface area contributed by atoms with Gasteiger partial charge in [0.15, 0.2) is 11.2 Å². The summed E-state index contributed by atoms with van der Waals surface area (Å²) < 4.78 is 6.68. The zero-order valence-corrected chi connectivity index (χ0v) is 7.91. The van der Waals surface area contributed by atoms with Gasteiger partial charge < -0.3 is 9.30 Å². The molecule has 0 aliphatic heterocycles. The first-order chi connectivity index (χ1) is 6.24. The van der Waals surface area contributed by atoms with Crippen LogP contribution in [0.3, 0.4) is 0 Å². The van der Waals surface area contributed by atoms with Crippen LogP contribution >= 0.6 is 11.6 Å². The van der Waals surface area contributed by atoms with E-state index in [1.807, 2.05) is 0 Å². The third-order valence-corrected chi connectivity index (χ3v) is 2.10. The molecule has 0 atom stereocenters. The van der Waals surface area contributed by atoms with Gasteiger partial charge in [0.2, 0.25) is 11.2 Å². The van der Waals surface area contributed by atoms with E-state index in [2.05, 4.69) is 15.0 Å². The normalized spacial score (nSPS) is 10.7. The highest BCUT2D eigenvalue weighted by Gasteiger charge is 2.11. The number of nitrogens with zero attached hydrogens (tertiary/aromatic N) is 4. The summed E-state index contributed by atoms with van der Waals surface area (Å²) >= 11 is 5.81. The molecule has 2 heterocycles. The van der Waals surface area contributed by atoms with E-state index in [1.54, 1.807) is 11.6 Å². The van der Waals surface area contributed by atoms with Gasteiger partial charge in [-0.05, 0) is 11.6 Å². The zero-order chi connectivity index (χ0) is 9.42. The Bertz CT molecular complexity index is 453. The van der Waals surface area contributed by atoms with Crippen LogP contribution in [0.1, 0.15) is 0 Å². The quantitative estimate of drug-likeness (QED) is 0.643. The fraction of sp³-hybridized carbons (Fsp3) is 0.286. The number of imidazole rings is 1. The van der Waals surface area contributed by atoms with Crippen LogP contribution in [-0.2, 0) is 7.05 Å². The second-order valence-corrected chi connectivity index (χ2v) is 2.83. The molecular formula is C7H7ClN4O. The lowest BCUT2D eigenvalue weighted by Crippen LogP contribution is -1.93. The van der Waals surface area contributed by atoms with Crippen LogP contribution in [0.25, 0.3) is 11.2 Å². The first kappa shape index (κ1) is 8.25. The van der Waals surface area contributed by atoms with E-state index in [0.717, 1.165) is 0 Å². The maximum atomic E-state index is 5.81. The molecule has 2 aromatic rings. The Morgan fingerprint density at radius 3 is 2.92 bits per heavy atom. The Hall–Kier alpha value is -1.36. The molecule has 0 radical (unpaired) electrons. The molecule has 0 bridgehead atoms. The van der Waals surface area contributed by atoms with Crippen LogP contribution in [0.15, 0.2) is 6.33 Å². The molecule has 0 saturated heterocycles. The minimum Gasteiger partial charge on any atom is -0.479 e. The molecule has 0 aliphatic carbocycles. The Kier molecular flexibility index (Phi) is 1.81. The second-order valence-electron chi connectivity index (χ2n) is 2.50. The summed E-state index contributed by atoms with van der Waals surface area (Å²) in [5.74, 6) is 0.438. The molecular weight excluding hydrogens is 192 g/mol. The third kappa shape index (κ3) is 1.12. The molecule has 2 rings (SSSR count). The second kappa shape index (κ2) is 2.85.